The first-order valence-corrected chi connectivity index (χ1v) is 10.4. The van der Waals surface area contributed by atoms with E-state index in [1.807, 2.05) is 19.1 Å². The summed E-state index contributed by atoms with van der Waals surface area (Å²) in [5.74, 6) is -0.459. The van der Waals surface area contributed by atoms with Crippen LogP contribution in [0, 0.1) is 17.4 Å². The van der Waals surface area contributed by atoms with Gasteiger partial charge in [-0.25, -0.2) is 8.42 Å². The average molecular weight is 497 g/mol. The minimum Gasteiger partial charge on any atom is -0.351 e. The highest BCUT2D eigenvalue weighted by Crippen LogP contribution is 2.24. The van der Waals surface area contributed by atoms with Gasteiger partial charge in [-0.2, -0.15) is 0 Å². The minimum atomic E-state index is -3.81. The van der Waals surface area contributed by atoms with Crippen molar-refractivity contribution in [2.75, 3.05) is 10.0 Å². The molecule has 0 fully saturated rings. The summed E-state index contributed by atoms with van der Waals surface area (Å²) in [6, 6.07) is 13.0. The molecule has 1 aromatic heterocycles. The summed E-state index contributed by atoms with van der Waals surface area (Å²) in [6.07, 6.45) is 0. The highest BCUT2D eigenvalue weighted by Gasteiger charge is 2.18. The molecule has 2 aromatic carbocycles. The number of hydrogen-bond acceptors (Lipinski definition) is 5. The van der Waals surface area contributed by atoms with Crippen LogP contribution >= 0.6 is 22.6 Å². The van der Waals surface area contributed by atoms with Crippen molar-refractivity contribution in [1.82, 2.24) is 5.16 Å². The van der Waals surface area contributed by atoms with Gasteiger partial charge in [0.05, 0.1) is 16.3 Å². The van der Waals surface area contributed by atoms with Crippen molar-refractivity contribution in [2.45, 2.75) is 18.7 Å². The van der Waals surface area contributed by atoms with E-state index in [9.17, 15) is 13.2 Å². The lowest BCUT2D eigenvalue weighted by Gasteiger charge is -2.12. The Morgan fingerprint density at radius 2 is 1.89 bits per heavy atom. The maximum atomic E-state index is 12.7. The molecule has 0 bridgehead atoms. The van der Waals surface area contributed by atoms with Crippen LogP contribution < -0.4 is 10.0 Å². The highest BCUT2D eigenvalue weighted by molar-refractivity contribution is 14.1. The van der Waals surface area contributed by atoms with Crippen molar-refractivity contribution in [3.63, 3.8) is 0 Å². The fourth-order valence-electron chi connectivity index (χ4n) is 2.33. The van der Waals surface area contributed by atoms with Crippen molar-refractivity contribution in [3.8, 4) is 0 Å². The summed E-state index contributed by atoms with van der Waals surface area (Å²) in [4.78, 5) is 12.2. The third-order valence-electron chi connectivity index (χ3n) is 3.62. The number of aromatic nitrogens is 1. The molecular formula is C18H16IN3O4S. The number of rotatable bonds is 5. The number of sulfonamides is 1. The number of nitrogens with one attached hydrogen (secondary N) is 2. The van der Waals surface area contributed by atoms with Crippen molar-refractivity contribution < 1.29 is 17.7 Å². The zero-order valence-electron chi connectivity index (χ0n) is 14.5. The first-order valence-electron chi connectivity index (χ1n) is 7.88. The molecule has 0 radical (unpaired) electrons. The van der Waals surface area contributed by atoms with Crippen LogP contribution in [0.25, 0.3) is 0 Å². The quantitative estimate of drug-likeness (QED) is 0.520. The maximum Gasteiger partial charge on any atom is 0.294 e. The number of halogens is 1. The van der Waals surface area contributed by atoms with Gasteiger partial charge in [-0.3, -0.25) is 9.52 Å². The van der Waals surface area contributed by atoms with Crippen molar-refractivity contribution in [1.29, 1.82) is 0 Å². The molecule has 2 N–H and O–H groups in total. The maximum absolute atomic E-state index is 12.7. The largest absolute Gasteiger partial charge is 0.351 e. The fourth-order valence-corrected chi connectivity index (χ4v) is 4.09. The van der Waals surface area contributed by atoms with Crippen LogP contribution in [0.5, 0.6) is 0 Å². The van der Waals surface area contributed by atoms with E-state index in [1.54, 1.807) is 25.1 Å². The second-order valence-corrected chi connectivity index (χ2v) is 8.75. The van der Waals surface area contributed by atoms with Crippen LogP contribution in [0.15, 0.2) is 57.9 Å². The number of aryl methyl sites for hydroxylation is 2. The molecule has 3 rings (SSSR count). The summed E-state index contributed by atoms with van der Waals surface area (Å²) in [6.45, 7) is 3.58. The van der Waals surface area contributed by atoms with Crippen LogP contribution in [-0.4, -0.2) is 19.5 Å². The lowest BCUT2D eigenvalue weighted by Crippen LogP contribution is -2.15. The Morgan fingerprint density at radius 1 is 1.11 bits per heavy atom. The molecule has 0 spiro atoms. The number of carbonyl (C=O) groups excluding carboxylic acids is 1. The molecule has 3 aromatic rings. The van der Waals surface area contributed by atoms with Gasteiger partial charge in [0.1, 0.15) is 0 Å². The van der Waals surface area contributed by atoms with Gasteiger partial charge in [-0.15, -0.1) is 0 Å². The molecule has 0 atom stereocenters. The topological polar surface area (TPSA) is 101 Å². The second-order valence-electron chi connectivity index (χ2n) is 5.90. The van der Waals surface area contributed by atoms with Gasteiger partial charge < -0.3 is 9.84 Å². The predicted molar refractivity (Wildman–Crippen MR) is 110 cm³/mol. The lowest BCUT2D eigenvalue weighted by atomic mass is 10.2. The summed E-state index contributed by atoms with van der Waals surface area (Å²) in [5, 5.41) is 6.26. The van der Waals surface area contributed by atoms with Gasteiger partial charge in [0.25, 0.3) is 15.9 Å². The summed E-state index contributed by atoms with van der Waals surface area (Å²) in [7, 11) is -3.81. The molecule has 0 unspecified atom stereocenters. The molecule has 0 aliphatic carbocycles. The third kappa shape index (κ3) is 4.66. The molecule has 1 heterocycles. The molecule has 1 amide bonds. The first kappa shape index (κ1) is 19.4. The molecule has 27 heavy (non-hydrogen) atoms. The number of carbonyl (C=O) groups is 1. The number of hydrogen-bond donors (Lipinski definition) is 2. The average Bonchev–Trinajstić information content (AvgIpc) is 3.05. The number of anilines is 2. The Labute approximate surface area is 170 Å². The van der Waals surface area contributed by atoms with E-state index in [1.165, 1.54) is 18.2 Å². The smallest absolute Gasteiger partial charge is 0.294 e. The SMILES string of the molecule is Cc1ccc(I)c(NS(=O)(=O)c2cccc(NC(=O)c3cc(C)no3)c2)c1. The second kappa shape index (κ2) is 7.69. The van der Waals surface area contributed by atoms with Gasteiger partial charge in [0.15, 0.2) is 0 Å². The normalized spacial score (nSPS) is 11.2. The van der Waals surface area contributed by atoms with Crippen LogP contribution in [0.2, 0.25) is 0 Å². The van der Waals surface area contributed by atoms with E-state index in [2.05, 4.69) is 37.8 Å². The number of nitrogens with zero attached hydrogens (tertiary/aromatic N) is 1. The molecule has 0 saturated carbocycles. The zero-order valence-corrected chi connectivity index (χ0v) is 17.5. The van der Waals surface area contributed by atoms with Gasteiger partial charge in [-0.05, 0) is 72.3 Å². The Bertz CT molecular complexity index is 1110. The van der Waals surface area contributed by atoms with E-state index >= 15 is 0 Å². The standard InChI is InChI=1S/C18H16IN3O4S/c1-11-6-7-15(19)16(8-11)22-27(24,25)14-5-3-4-13(10-14)20-18(23)17-9-12(2)21-26-17/h3-10,22H,1-2H3,(H,20,23). The number of benzene rings is 2. The molecular weight excluding hydrogens is 481 g/mol. The molecule has 0 saturated heterocycles. The van der Waals surface area contributed by atoms with E-state index < -0.39 is 15.9 Å². The van der Waals surface area contributed by atoms with Crippen LogP contribution in [0.3, 0.4) is 0 Å². The number of amides is 1. The van der Waals surface area contributed by atoms with E-state index in [4.69, 9.17) is 4.52 Å². The van der Waals surface area contributed by atoms with Gasteiger partial charge in [0, 0.05) is 15.3 Å². The van der Waals surface area contributed by atoms with Crippen LogP contribution in [0.4, 0.5) is 11.4 Å². The summed E-state index contributed by atoms with van der Waals surface area (Å²) >= 11 is 2.07. The van der Waals surface area contributed by atoms with Gasteiger partial charge in [0.2, 0.25) is 5.76 Å². The van der Waals surface area contributed by atoms with E-state index in [-0.39, 0.29) is 10.7 Å². The third-order valence-corrected chi connectivity index (χ3v) is 5.92. The monoisotopic (exact) mass is 497 g/mol. The van der Waals surface area contributed by atoms with Crippen molar-refractivity contribution >= 4 is 49.9 Å². The Morgan fingerprint density at radius 3 is 2.59 bits per heavy atom. The van der Waals surface area contributed by atoms with Crippen LogP contribution in [0.1, 0.15) is 21.8 Å². The van der Waals surface area contributed by atoms with Crippen LogP contribution in [-0.2, 0) is 10.0 Å². The van der Waals surface area contributed by atoms with Gasteiger partial charge >= 0.3 is 0 Å². The van der Waals surface area contributed by atoms with Crippen molar-refractivity contribution in [3.05, 3.63) is 69.1 Å². The van der Waals surface area contributed by atoms with E-state index in [0.29, 0.717) is 17.1 Å². The van der Waals surface area contributed by atoms with Gasteiger partial charge in [-0.1, -0.05) is 17.3 Å². The van der Waals surface area contributed by atoms with Crippen molar-refractivity contribution in [2.24, 2.45) is 0 Å². The molecule has 140 valence electrons. The predicted octanol–water partition coefficient (Wildman–Crippen LogP) is 3.95. The Hall–Kier alpha value is -2.40. The minimum absolute atomic E-state index is 0.0337. The Kier molecular flexibility index (Phi) is 5.51. The lowest BCUT2D eigenvalue weighted by molar-refractivity contribution is 0.0988. The molecule has 9 heteroatoms. The van der Waals surface area contributed by atoms with E-state index in [0.717, 1.165) is 9.13 Å². The summed E-state index contributed by atoms with van der Waals surface area (Å²) in [5.41, 5.74) is 2.35. The fraction of sp³-hybridized carbons (Fsp3) is 0.111. The highest BCUT2D eigenvalue weighted by atomic mass is 127. The first-order chi connectivity index (χ1) is 12.7. The molecule has 0 aliphatic heterocycles. The molecule has 7 nitrogen and oxygen atoms in total. The Balaban J connectivity index is 1.83. The summed E-state index contributed by atoms with van der Waals surface area (Å²) < 4.78 is 33.7. The zero-order chi connectivity index (χ0) is 19.6. The molecule has 0 aliphatic rings.